The van der Waals surface area contributed by atoms with Crippen molar-refractivity contribution in [3.8, 4) is 11.4 Å². The van der Waals surface area contributed by atoms with Crippen molar-refractivity contribution in [2.75, 3.05) is 11.9 Å². The van der Waals surface area contributed by atoms with Crippen LogP contribution in [0.4, 0.5) is 11.4 Å². The third-order valence-corrected chi connectivity index (χ3v) is 4.45. The molecule has 11 heteroatoms. The van der Waals surface area contributed by atoms with E-state index in [1.54, 1.807) is 31.2 Å². The number of hydrogen-bond donors (Lipinski definition) is 1. The van der Waals surface area contributed by atoms with Crippen molar-refractivity contribution in [3.05, 3.63) is 69.6 Å². The molecule has 3 aromatic rings. The fraction of sp³-hybridized carbons (Fsp3) is 0.105. The number of aromatic nitrogens is 2. The Morgan fingerprint density at radius 3 is 2.57 bits per heavy atom. The molecule has 30 heavy (non-hydrogen) atoms. The number of para-hydroxylation sites is 1. The lowest BCUT2D eigenvalue weighted by Gasteiger charge is -2.14. The van der Waals surface area contributed by atoms with Gasteiger partial charge in [0.05, 0.1) is 16.2 Å². The van der Waals surface area contributed by atoms with E-state index < -0.39 is 34.9 Å². The van der Waals surface area contributed by atoms with Gasteiger partial charge in [-0.1, -0.05) is 23.4 Å². The molecular weight excluding hydrogens is 394 g/mol. The predicted molar refractivity (Wildman–Crippen MR) is 102 cm³/mol. The van der Waals surface area contributed by atoms with Crippen LogP contribution in [0.1, 0.15) is 26.6 Å². The van der Waals surface area contributed by atoms with Crippen LogP contribution in [0.5, 0.6) is 0 Å². The van der Waals surface area contributed by atoms with E-state index in [9.17, 15) is 24.5 Å². The maximum absolute atomic E-state index is 12.6. The molecule has 0 unspecified atom stereocenters. The fourth-order valence-electron chi connectivity index (χ4n) is 3.14. The summed E-state index contributed by atoms with van der Waals surface area (Å²) in [5, 5.41) is 17.6. The van der Waals surface area contributed by atoms with Gasteiger partial charge in [-0.3, -0.25) is 29.4 Å². The Morgan fingerprint density at radius 2 is 1.87 bits per heavy atom. The number of fused-ring (bicyclic) bond motifs is 1. The highest BCUT2D eigenvalue weighted by Crippen LogP contribution is 2.31. The van der Waals surface area contributed by atoms with Crippen molar-refractivity contribution >= 4 is 29.1 Å². The summed E-state index contributed by atoms with van der Waals surface area (Å²) in [5.74, 6) is -1.71. The van der Waals surface area contributed by atoms with Crippen LogP contribution < -0.4 is 5.32 Å². The smallest absolute Gasteiger partial charge is 0.282 e. The van der Waals surface area contributed by atoms with Gasteiger partial charge in [-0.05, 0) is 18.2 Å². The number of nitrogens with one attached hydrogen (secondary N) is 1. The Hall–Kier alpha value is -4.41. The molecular formula is C19H13N5O6. The second kappa shape index (κ2) is 7.20. The summed E-state index contributed by atoms with van der Waals surface area (Å²) in [5.41, 5.74) is -0.0641. The van der Waals surface area contributed by atoms with Gasteiger partial charge in [-0.25, -0.2) is 0 Å². The number of carbonyl (C=O) groups excluding carboxylic acids is 3. The Balaban J connectivity index is 1.56. The topological polar surface area (TPSA) is 149 Å². The zero-order valence-electron chi connectivity index (χ0n) is 15.5. The largest absolute Gasteiger partial charge is 0.339 e. The molecule has 1 aliphatic rings. The Morgan fingerprint density at radius 1 is 1.13 bits per heavy atom. The maximum atomic E-state index is 12.6. The summed E-state index contributed by atoms with van der Waals surface area (Å²) < 4.78 is 4.95. The number of carbonyl (C=O) groups is 3. The molecule has 2 heterocycles. The van der Waals surface area contributed by atoms with Crippen LogP contribution in [0.15, 0.2) is 47.0 Å². The van der Waals surface area contributed by atoms with Gasteiger partial charge in [0.15, 0.2) is 0 Å². The highest BCUT2D eigenvalue weighted by atomic mass is 16.6. The predicted octanol–water partition coefficient (Wildman–Crippen LogP) is 2.19. The van der Waals surface area contributed by atoms with Gasteiger partial charge < -0.3 is 9.84 Å². The van der Waals surface area contributed by atoms with Crippen molar-refractivity contribution in [2.24, 2.45) is 0 Å². The SMILES string of the molecule is Cc1nc(-c2ccccc2NC(=O)CN2C(=O)c3cccc([N+](=O)[O-])c3C2=O)no1. The van der Waals surface area contributed by atoms with Gasteiger partial charge in [-0.2, -0.15) is 4.98 Å². The minimum Gasteiger partial charge on any atom is -0.339 e. The molecule has 1 aliphatic heterocycles. The number of benzene rings is 2. The molecule has 0 spiro atoms. The molecule has 4 rings (SSSR count). The Kier molecular flexibility index (Phi) is 4.54. The molecule has 0 fully saturated rings. The highest BCUT2D eigenvalue weighted by molar-refractivity contribution is 6.24. The summed E-state index contributed by atoms with van der Waals surface area (Å²) in [6.07, 6.45) is 0. The van der Waals surface area contributed by atoms with Crippen molar-refractivity contribution in [1.82, 2.24) is 15.0 Å². The van der Waals surface area contributed by atoms with Gasteiger partial charge in [0.2, 0.25) is 17.6 Å². The maximum Gasteiger partial charge on any atom is 0.282 e. The lowest BCUT2D eigenvalue weighted by molar-refractivity contribution is -0.385. The second-order valence-electron chi connectivity index (χ2n) is 6.38. The number of nitro groups is 1. The average molecular weight is 407 g/mol. The first-order valence-electron chi connectivity index (χ1n) is 8.70. The third-order valence-electron chi connectivity index (χ3n) is 4.45. The summed E-state index contributed by atoms with van der Waals surface area (Å²) in [7, 11) is 0. The first-order chi connectivity index (χ1) is 14.4. The number of amides is 3. The van der Waals surface area contributed by atoms with Crippen LogP contribution in [-0.4, -0.2) is 44.2 Å². The van der Waals surface area contributed by atoms with Crippen molar-refractivity contribution in [1.29, 1.82) is 0 Å². The summed E-state index contributed by atoms with van der Waals surface area (Å²) >= 11 is 0. The van der Waals surface area contributed by atoms with Gasteiger partial charge in [-0.15, -0.1) is 0 Å². The monoisotopic (exact) mass is 407 g/mol. The number of rotatable bonds is 5. The van der Waals surface area contributed by atoms with Gasteiger partial charge in [0, 0.05) is 18.6 Å². The number of nitro benzene ring substituents is 1. The van der Waals surface area contributed by atoms with E-state index in [2.05, 4.69) is 15.5 Å². The zero-order chi connectivity index (χ0) is 21.4. The summed E-state index contributed by atoms with van der Waals surface area (Å²) in [6, 6.07) is 10.4. The molecule has 0 bridgehead atoms. The number of aryl methyl sites for hydroxylation is 1. The van der Waals surface area contributed by atoms with E-state index in [0.29, 0.717) is 22.0 Å². The van der Waals surface area contributed by atoms with Gasteiger partial charge in [0.1, 0.15) is 12.1 Å². The number of imide groups is 1. The van der Waals surface area contributed by atoms with Crippen molar-refractivity contribution < 1.29 is 23.8 Å². The Bertz CT molecular complexity index is 1220. The first-order valence-corrected chi connectivity index (χ1v) is 8.70. The van der Waals surface area contributed by atoms with E-state index in [0.717, 1.165) is 6.07 Å². The average Bonchev–Trinajstić information content (AvgIpc) is 3.25. The van der Waals surface area contributed by atoms with Crippen LogP contribution >= 0.6 is 0 Å². The van der Waals surface area contributed by atoms with E-state index in [-0.39, 0.29) is 17.0 Å². The standard InChI is InChI=1S/C19H13N5O6/c1-10-20-17(22-30-10)11-5-2-3-7-13(11)21-15(25)9-23-18(26)12-6-4-8-14(24(28)29)16(12)19(23)27/h2-8H,9H2,1H3,(H,21,25). The summed E-state index contributed by atoms with van der Waals surface area (Å²) in [4.78, 5) is 52.9. The molecule has 11 nitrogen and oxygen atoms in total. The number of hydrogen-bond acceptors (Lipinski definition) is 8. The minimum atomic E-state index is -0.889. The quantitative estimate of drug-likeness (QED) is 0.384. The molecule has 2 aromatic carbocycles. The van der Waals surface area contributed by atoms with Crippen molar-refractivity contribution in [3.63, 3.8) is 0 Å². The normalized spacial score (nSPS) is 12.8. The second-order valence-corrected chi connectivity index (χ2v) is 6.38. The van der Waals surface area contributed by atoms with Crippen LogP contribution in [0.25, 0.3) is 11.4 Å². The molecule has 0 saturated carbocycles. The zero-order valence-corrected chi connectivity index (χ0v) is 15.5. The molecule has 0 saturated heterocycles. The molecule has 150 valence electrons. The van der Waals surface area contributed by atoms with E-state index >= 15 is 0 Å². The van der Waals surface area contributed by atoms with Gasteiger partial charge in [0.25, 0.3) is 17.5 Å². The van der Waals surface area contributed by atoms with Crippen LogP contribution in [0, 0.1) is 17.0 Å². The van der Waals surface area contributed by atoms with Crippen LogP contribution in [0.3, 0.4) is 0 Å². The van der Waals surface area contributed by atoms with Gasteiger partial charge >= 0.3 is 0 Å². The Labute approximate surface area is 168 Å². The molecule has 0 radical (unpaired) electrons. The summed E-state index contributed by atoms with van der Waals surface area (Å²) in [6.45, 7) is 1.02. The molecule has 0 atom stereocenters. The molecule has 1 aromatic heterocycles. The van der Waals surface area contributed by atoms with Crippen LogP contribution in [-0.2, 0) is 4.79 Å². The molecule has 3 amide bonds. The highest BCUT2D eigenvalue weighted by Gasteiger charge is 2.41. The van der Waals surface area contributed by atoms with E-state index in [4.69, 9.17) is 4.52 Å². The minimum absolute atomic E-state index is 0.107. The lowest BCUT2D eigenvalue weighted by Crippen LogP contribution is -2.37. The number of anilines is 1. The van der Waals surface area contributed by atoms with Crippen LogP contribution in [0.2, 0.25) is 0 Å². The number of nitrogens with zero attached hydrogens (tertiary/aromatic N) is 4. The molecule has 0 aliphatic carbocycles. The van der Waals surface area contributed by atoms with E-state index in [1.807, 2.05) is 0 Å². The molecule has 1 N–H and O–H groups in total. The van der Waals surface area contributed by atoms with E-state index in [1.165, 1.54) is 12.1 Å². The first kappa shape index (κ1) is 18.9. The lowest BCUT2D eigenvalue weighted by atomic mass is 10.1. The fourth-order valence-corrected chi connectivity index (χ4v) is 3.14. The van der Waals surface area contributed by atoms with Crippen molar-refractivity contribution in [2.45, 2.75) is 6.92 Å². The third kappa shape index (κ3) is 3.17.